The van der Waals surface area contributed by atoms with Crippen molar-refractivity contribution >= 4 is 23.5 Å². The van der Waals surface area contributed by atoms with Crippen LogP contribution in [0.1, 0.15) is 25.7 Å². The zero-order chi connectivity index (χ0) is 14.6. The summed E-state index contributed by atoms with van der Waals surface area (Å²) in [4.78, 5) is 40.3. The fourth-order valence-corrected chi connectivity index (χ4v) is 0.697. The van der Waals surface area contributed by atoms with Crippen LogP contribution in [0.15, 0.2) is 0 Å². The Morgan fingerprint density at radius 2 is 0.944 bits per heavy atom. The zero-order valence-corrected chi connectivity index (χ0v) is 9.92. The van der Waals surface area contributed by atoms with Crippen molar-refractivity contribution in [3.05, 3.63) is 0 Å². The first-order valence-electron chi connectivity index (χ1n) is 5.20. The first kappa shape index (κ1) is 18.6. The predicted molar refractivity (Wildman–Crippen MR) is 61.9 cm³/mol. The van der Waals surface area contributed by atoms with Crippen molar-refractivity contribution in [3.63, 3.8) is 0 Å². The topological polar surface area (TPSA) is 161 Å². The fraction of sp³-hybridized carbons (Fsp3) is 0.600. The van der Waals surface area contributed by atoms with Crippen molar-refractivity contribution in [1.82, 2.24) is 0 Å². The van der Waals surface area contributed by atoms with E-state index in [1.807, 2.05) is 0 Å². The van der Waals surface area contributed by atoms with Crippen LogP contribution in [0.4, 0.5) is 0 Å². The third-order valence-electron chi connectivity index (χ3n) is 1.69. The molecule has 8 nitrogen and oxygen atoms in total. The molecule has 0 aromatic rings. The van der Waals surface area contributed by atoms with Crippen molar-refractivity contribution in [2.24, 2.45) is 11.5 Å². The summed E-state index contributed by atoms with van der Waals surface area (Å²) in [7, 11) is 0. The lowest BCUT2D eigenvalue weighted by Crippen LogP contribution is -2.14. The molecular formula is C10H18N2O6. The maximum Gasteiger partial charge on any atom is 0.303 e. The van der Waals surface area contributed by atoms with Crippen molar-refractivity contribution < 1.29 is 29.4 Å². The minimum absolute atomic E-state index is 0.0475. The molecule has 0 amide bonds. The van der Waals surface area contributed by atoms with Crippen molar-refractivity contribution in [3.8, 4) is 0 Å². The maximum absolute atomic E-state index is 10.3. The molecule has 6 N–H and O–H groups in total. The van der Waals surface area contributed by atoms with E-state index in [1.165, 1.54) is 0 Å². The van der Waals surface area contributed by atoms with Gasteiger partial charge in [0.05, 0.1) is 25.9 Å². The summed E-state index contributed by atoms with van der Waals surface area (Å²) in [6.45, 7) is -0.124. The summed E-state index contributed by atoms with van der Waals surface area (Å²) in [5.74, 6) is -2.34. The molecule has 0 aliphatic rings. The largest absolute Gasteiger partial charge is 0.481 e. The summed E-state index contributed by atoms with van der Waals surface area (Å²) in [6.07, 6.45) is -0.135. The van der Waals surface area contributed by atoms with E-state index in [-0.39, 0.29) is 50.3 Å². The van der Waals surface area contributed by atoms with Crippen LogP contribution in [-0.2, 0) is 19.2 Å². The number of carboxylic acids is 2. The Labute approximate surface area is 104 Å². The molecule has 0 rings (SSSR count). The second-order valence-corrected chi connectivity index (χ2v) is 3.27. The van der Waals surface area contributed by atoms with Crippen molar-refractivity contribution in [2.75, 3.05) is 13.1 Å². The zero-order valence-electron chi connectivity index (χ0n) is 9.92. The van der Waals surface area contributed by atoms with Gasteiger partial charge in [0.2, 0.25) is 0 Å². The molecule has 18 heavy (non-hydrogen) atoms. The van der Waals surface area contributed by atoms with E-state index >= 15 is 0 Å². The summed E-state index contributed by atoms with van der Waals surface area (Å²) in [5.41, 5.74) is 9.83. The molecule has 0 radical (unpaired) electrons. The van der Waals surface area contributed by atoms with E-state index in [1.54, 1.807) is 0 Å². The minimum Gasteiger partial charge on any atom is -0.481 e. The Morgan fingerprint density at radius 3 is 1.11 bits per heavy atom. The van der Waals surface area contributed by atoms with Crippen LogP contribution in [0.2, 0.25) is 0 Å². The van der Waals surface area contributed by atoms with Gasteiger partial charge in [-0.15, -0.1) is 0 Å². The summed E-state index contributed by atoms with van der Waals surface area (Å²) < 4.78 is 0. The highest BCUT2D eigenvalue weighted by Gasteiger charge is 2.02. The molecule has 8 heteroatoms. The molecular weight excluding hydrogens is 244 g/mol. The van der Waals surface area contributed by atoms with Gasteiger partial charge in [0, 0.05) is 12.8 Å². The van der Waals surface area contributed by atoms with Crippen LogP contribution in [0.25, 0.3) is 0 Å². The molecule has 0 saturated heterocycles. The van der Waals surface area contributed by atoms with Gasteiger partial charge in [0.25, 0.3) is 0 Å². The Balaban J connectivity index is 0. The van der Waals surface area contributed by atoms with Crippen LogP contribution < -0.4 is 11.5 Å². The smallest absolute Gasteiger partial charge is 0.303 e. The number of Topliss-reactive ketones (excluding diaryl/α,β-unsaturated/α-hetero) is 2. The van der Waals surface area contributed by atoms with E-state index < -0.39 is 11.9 Å². The third kappa shape index (κ3) is 16.6. The van der Waals surface area contributed by atoms with E-state index in [0.29, 0.717) is 0 Å². The average molecular weight is 262 g/mol. The highest BCUT2D eigenvalue weighted by Crippen LogP contribution is 1.88. The first-order chi connectivity index (χ1) is 8.33. The lowest BCUT2D eigenvalue weighted by Gasteiger charge is -1.90. The molecule has 104 valence electrons. The number of carboxylic acid groups (broad SMARTS) is 2. The van der Waals surface area contributed by atoms with Crippen LogP contribution in [0.5, 0.6) is 0 Å². The van der Waals surface area contributed by atoms with E-state index in [0.717, 1.165) is 0 Å². The lowest BCUT2D eigenvalue weighted by atomic mass is 10.2. The number of aliphatic carboxylic acids is 2. The molecule has 0 aliphatic heterocycles. The van der Waals surface area contributed by atoms with Crippen LogP contribution in [0.3, 0.4) is 0 Å². The van der Waals surface area contributed by atoms with Gasteiger partial charge in [-0.3, -0.25) is 19.2 Å². The molecule has 0 aliphatic carbocycles. The third-order valence-corrected chi connectivity index (χ3v) is 1.69. The molecule has 0 aromatic heterocycles. The molecule has 0 bridgehead atoms. The highest BCUT2D eigenvalue weighted by molar-refractivity contribution is 5.84. The van der Waals surface area contributed by atoms with Gasteiger partial charge in [0.15, 0.2) is 0 Å². The number of hydrogen-bond donors (Lipinski definition) is 4. The number of carbonyl (C=O) groups excluding carboxylic acids is 2. The number of nitrogens with two attached hydrogens (primary N) is 2. The van der Waals surface area contributed by atoms with Crippen LogP contribution >= 0.6 is 0 Å². The Kier molecular flexibility index (Phi) is 12.0. The minimum atomic E-state index is -0.961. The normalized spacial score (nSPS) is 9.00. The second kappa shape index (κ2) is 11.7. The lowest BCUT2D eigenvalue weighted by molar-refractivity contribution is -0.139. The Hall–Kier alpha value is -1.80. The van der Waals surface area contributed by atoms with E-state index in [4.69, 9.17) is 21.7 Å². The second-order valence-electron chi connectivity index (χ2n) is 3.27. The Bertz CT molecular complexity index is 273. The molecule has 0 heterocycles. The van der Waals surface area contributed by atoms with Crippen LogP contribution in [-0.4, -0.2) is 46.8 Å². The van der Waals surface area contributed by atoms with Crippen molar-refractivity contribution in [1.29, 1.82) is 0 Å². The van der Waals surface area contributed by atoms with Gasteiger partial charge in [-0.2, -0.15) is 0 Å². The highest BCUT2D eigenvalue weighted by atomic mass is 16.4. The standard InChI is InChI=1S/2C5H9NO3/c2*6-3-4(7)1-2-5(8)9/h2*1-3,6H2,(H,8,9). The predicted octanol–water partition coefficient (Wildman–Crippen LogP) is -1.24. The SMILES string of the molecule is NCC(=O)CCC(=O)O.NCC(=O)CCC(=O)O. The van der Waals surface area contributed by atoms with Gasteiger partial charge in [-0.25, -0.2) is 0 Å². The quantitative estimate of drug-likeness (QED) is 0.422. The first-order valence-corrected chi connectivity index (χ1v) is 5.20. The van der Waals surface area contributed by atoms with E-state index in [2.05, 4.69) is 0 Å². The van der Waals surface area contributed by atoms with Crippen molar-refractivity contribution in [2.45, 2.75) is 25.7 Å². The van der Waals surface area contributed by atoms with Gasteiger partial charge in [-0.1, -0.05) is 0 Å². The molecule has 0 aromatic carbocycles. The number of ketones is 2. The molecule has 0 fully saturated rings. The average Bonchev–Trinajstić information content (AvgIpc) is 2.33. The summed E-state index contributed by atoms with van der Waals surface area (Å²) >= 11 is 0. The Morgan fingerprint density at radius 1 is 0.667 bits per heavy atom. The molecule has 0 spiro atoms. The fourth-order valence-electron chi connectivity index (χ4n) is 0.697. The number of carbonyl (C=O) groups is 4. The molecule has 0 unspecified atom stereocenters. The summed E-state index contributed by atoms with van der Waals surface area (Å²) in [5, 5.41) is 16.1. The molecule has 0 saturated carbocycles. The van der Waals surface area contributed by atoms with Gasteiger partial charge in [-0.05, 0) is 0 Å². The van der Waals surface area contributed by atoms with Gasteiger partial charge >= 0.3 is 11.9 Å². The van der Waals surface area contributed by atoms with Crippen LogP contribution in [0, 0.1) is 0 Å². The molecule has 0 atom stereocenters. The van der Waals surface area contributed by atoms with E-state index in [9.17, 15) is 19.2 Å². The number of rotatable bonds is 8. The monoisotopic (exact) mass is 262 g/mol. The number of hydrogen-bond acceptors (Lipinski definition) is 6. The van der Waals surface area contributed by atoms with Gasteiger partial charge in [0.1, 0.15) is 11.6 Å². The summed E-state index contributed by atoms with van der Waals surface area (Å²) in [6, 6.07) is 0. The van der Waals surface area contributed by atoms with Gasteiger partial charge < -0.3 is 21.7 Å². The maximum atomic E-state index is 10.3.